The lowest BCUT2D eigenvalue weighted by molar-refractivity contribution is 0.232. The molecule has 0 spiro atoms. The van der Waals surface area contributed by atoms with Gasteiger partial charge in [-0.25, -0.2) is 21.2 Å². The number of sulfone groups is 1. The third-order valence-corrected chi connectivity index (χ3v) is 7.07. The molecule has 2 rings (SSSR count). The topological polar surface area (TPSA) is 91.8 Å². The molecule has 0 aliphatic carbocycles. The van der Waals surface area contributed by atoms with Crippen molar-refractivity contribution in [3.63, 3.8) is 0 Å². The molecule has 21 heavy (non-hydrogen) atoms. The maximum atomic E-state index is 12.9. The van der Waals surface area contributed by atoms with Crippen molar-refractivity contribution in [2.45, 2.75) is 17.4 Å². The van der Waals surface area contributed by atoms with E-state index in [1.54, 1.807) is 0 Å². The standard InChI is InChI=1S/C12H16FNO5S2/c13-10-1-3-12(4-2-10)21(18,19)14(6-7-15)11-5-8-20(16,17)9-11/h1-4,11,15H,5-9H2. The smallest absolute Gasteiger partial charge is 0.243 e. The Hall–Kier alpha value is -1.03. The van der Waals surface area contributed by atoms with E-state index in [2.05, 4.69) is 0 Å². The number of aliphatic hydroxyl groups is 1. The van der Waals surface area contributed by atoms with E-state index >= 15 is 0 Å². The van der Waals surface area contributed by atoms with Gasteiger partial charge in [-0.2, -0.15) is 4.31 Å². The number of nitrogens with zero attached hydrogens (tertiary/aromatic N) is 1. The predicted molar refractivity (Wildman–Crippen MR) is 74.4 cm³/mol. The Bertz CT molecular complexity index is 700. The van der Waals surface area contributed by atoms with Crippen LogP contribution >= 0.6 is 0 Å². The van der Waals surface area contributed by atoms with Crippen molar-refractivity contribution in [1.29, 1.82) is 0 Å². The Morgan fingerprint density at radius 2 is 1.90 bits per heavy atom. The third-order valence-electron chi connectivity index (χ3n) is 3.36. The molecule has 6 nitrogen and oxygen atoms in total. The van der Waals surface area contributed by atoms with Crippen LogP contribution in [0.2, 0.25) is 0 Å². The first kappa shape index (κ1) is 16.3. The highest BCUT2D eigenvalue weighted by atomic mass is 32.2. The van der Waals surface area contributed by atoms with Gasteiger partial charge in [-0.1, -0.05) is 0 Å². The molecule has 0 amide bonds. The number of hydrogen-bond acceptors (Lipinski definition) is 5. The van der Waals surface area contributed by atoms with Gasteiger partial charge in [-0.15, -0.1) is 0 Å². The zero-order valence-electron chi connectivity index (χ0n) is 11.1. The number of rotatable bonds is 5. The molecular formula is C12H16FNO5S2. The molecule has 0 bridgehead atoms. The highest BCUT2D eigenvalue weighted by Crippen LogP contribution is 2.24. The van der Waals surface area contributed by atoms with Crippen LogP contribution < -0.4 is 0 Å². The van der Waals surface area contributed by atoms with Gasteiger partial charge in [-0.3, -0.25) is 0 Å². The normalized spacial score (nSPS) is 21.8. The van der Waals surface area contributed by atoms with Gasteiger partial charge >= 0.3 is 0 Å². The lowest BCUT2D eigenvalue weighted by Crippen LogP contribution is -2.42. The van der Waals surface area contributed by atoms with Gasteiger partial charge in [0, 0.05) is 12.6 Å². The Balaban J connectivity index is 2.35. The van der Waals surface area contributed by atoms with E-state index in [4.69, 9.17) is 5.11 Å². The van der Waals surface area contributed by atoms with Crippen molar-refractivity contribution < 1.29 is 26.3 Å². The second-order valence-corrected chi connectivity index (χ2v) is 8.97. The van der Waals surface area contributed by atoms with Crippen LogP contribution in [0.1, 0.15) is 6.42 Å². The molecule has 0 radical (unpaired) electrons. The Labute approximate surface area is 123 Å². The van der Waals surface area contributed by atoms with Crippen molar-refractivity contribution in [2.24, 2.45) is 0 Å². The van der Waals surface area contributed by atoms with E-state index < -0.39 is 38.3 Å². The van der Waals surface area contributed by atoms with E-state index in [1.807, 2.05) is 0 Å². The van der Waals surface area contributed by atoms with Gasteiger partial charge in [0.25, 0.3) is 0 Å². The van der Waals surface area contributed by atoms with Crippen LogP contribution in [0.4, 0.5) is 4.39 Å². The average molecular weight is 337 g/mol. The molecule has 1 N–H and O–H groups in total. The Morgan fingerprint density at radius 1 is 1.29 bits per heavy atom. The van der Waals surface area contributed by atoms with Crippen molar-refractivity contribution in [2.75, 3.05) is 24.7 Å². The molecule has 1 heterocycles. The lowest BCUT2D eigenvalue weighted by Gasteiger charge is -2.26. The molecule has 1 atom stereocenters. The monoisotopic (exact) mass is 337 g/mol. The summed E-state index contributed by atoms with van der Waals surface area (Å²) in [6.45, 7) is -0.614. The Morgan fingerprint density at radius 3 is 2.38 bits per heavy atom. The van der Waals surface area contributed by atoms with Crippen molar-refractivity contribution in [3.05, 3.63) is 30.1 Å². The first-order chi connectivity index (χ1) is 9.76. The van der Waals surface area contributed by atoms with E-state index in [0.29, 0.717) is 0 Å². The van der Waals surface area contributed by atoms with E-state index in [0.717, 1.165) is 28.6 Å². The van der Waals surface area contributed by atoms with Gasteiger partial charge in [0.1, 0.15) is 5.82 Å². The largest absolute Gasteiger partial charge is 0.395 e. The number of sulfonamides is 1. The third kappa shape index (κ3) is 3.60. The molecule has 9 heteroatoms. The van der Waals surface area contributed by atoms with Crippen LogP contribution in [-0.2, 0) is 19.9 Å². The Kier molecular flexibility index (Phi) is 4.66. The fraction of sp³-hybridized carbons (Fsp3) is 0.500. The summed E-state index contributed by atoms with van der Waals surface area (Å²) in [6, 6.07) is 3.60. The van der Waals surface area contributed by atoms with Gasteiger partial charge in [0.2, 0.25) is 10.0 Å². The minimum Gasteiger partial charge on any atom is -0.395 e. The molecular weight excluding hydrogens is 321 g/mol. The average Bonchev–Trinajstić information content (AvgIpc) is 2.76. The molecule has 0 saturated carbocycles. The summed E-state index contributed by atoms with van der Waals surface area (Å²) in [4.78, 5) is -0.123. The second-order valence-electron chi connectivity index (χ2n) is 4.85. The number of aliphatic hydroxyl groups excluding tert-OH is 1. The fourth-order valence-electron chi connectivity index (χ4n) is 2.34. The molecule has 1 fully saturated rings. The minimum absolute atomic E-state index is 0.0709. The summed E-state index contributed by atoms with van der Waals surface area (Å²) < 4.78 is 62.0. The molecule has 1 aromatic rings. The number of benzene rings is 1. The minimum atomic E-state index is -3.97. The number of hydrogen-bond donors (Lipinski definition) is 1. The van der Waals surface area contributed by atoms with Gasteiger partial charge in [0.15, 0.2) is 9.84 Å². The number of halogens is 1. The fourth-order valence-corrected chi connectivity index (χ4v) is 5.81. The van der Waals surface area contributed by atoms with Crippen LogP contribution in [0.5, 0.6) is 0 Å². The van der Waals surface area contributed by atoms with Crippen LogP contribution in [-0.4, -0.2) is 56.9 Å². The lowest BCUT2D eigenvalue weighted by atomic mass is 10.3. The van der Waals surface area contributed by atoms with Crippen LogP contribution in [0.25, 0.3) is 0 Å². The van der Waals surface area contributed by atoms with Crippen LogP contribution in [0.3, 0.4) is 0 Å². The summed E-state index contributed by atoms with van der Waals surface area (Å²) in [6.07, 6.45) is 0.197. The molecule has 1 saturated heterocycles. The van der Waals surface area contributed by atoms with Gasteiger partial charge in [0.05, 0.1) is 23.0 Å². The SMILES string of the molecule is O=S1(=O)CCC(N(CCO)S(=O)(=O)c2ccc(F)cc2)C1. The summed E-state index contributed by atoms with van der Waals surface area (Å²) in [5.41, 5.74) is 0. The maximum Gasteiger partial charge on any atom is 0.243 e. The highest BCUT2D eigenvalue weighted by molar-refractivity contribution is 7.92. The van der Waals surface area contributed by atoms with E-state index in [1.165, 1.54) is 0 Å². The first-order valence-electron chi connectivity index (χ1n) is 6.35. The summed E-state index contributed by atoms with van der Waals surface area (Å²) >= 11 is 0. The molecule has 118 valence electrons. The van der Waals surface area contributed by atoms with Gasteiger partial charge < -0.3 is 5.11 Å². The second kappa shape index (κ2) is 5.99. The summed E-state index contributed by atoms with van der Waals surface area (Å²) in [5, 5.41) is 9.07. The zero-order valence-corrected chi connectivity index (χ0v) is 12.8. The van der Waals surface area contributed by atoms with Crippen LogP contribution in [0.15, 0.2) is 29.2 Å². The first-order valence-corrected chi connectivity index (χ1v) is 9.61. The highest BCUT2D eigenvalue weighted by Gasteiger charge is 2.38. The van der Waals surface area contributed by atoms with Crippen molar-refractivity contribution in [3.8, 4) is 0 Å². The predicted octanol–water partition coefficient (Wildman–Crippen LogP) is -0.00420. The summed E-state index contributed by atoms with van der Waals surface area (Å²) in [5.74, 6) is -0.891. The molecule has 1 unspecified atom stereocenters. The maximum absolute atomic E-state index is 12.9. The quantitative estimate of drug-likeness (QED) is 0.816. The van der Waals surface area contributed by atoms with E-state index in [-0.39, 0.29) is 29.4 Å². The zero-order chi connectivity index (χ0) is 15.7. The van der Waals surface area contributed by atoms with Crippen LogP contribution in [0, 0.1) is 5.82 Å². The molecule has 0 aromatic heterocycles. The molecule has 1 aliphatic heterocycles. The van der Waals surface area contributed by atoms with Crippen molar-refractivity contribution >= 4 is 19.9 Å². The van der Waals surface area contributed by atoms with Crippen molar-refractivity contribution in [1.82, 2.24) is 4.31 Å². The molecule has 1 aromatic carbocycles. The summed E-state index contributed by atoms with van der Waals surface area (Å²) in [7, 11) is -7.23. The van der Waals surface area contributed by atoms with Gasteiger partial charge in [-0.05, 0) is 30.7 Å². The van der Waals surface area contributed by atoms with E-state index in [9.17, 15) is 21.2 Å². The molecule has 1 aliphatic rings.